The van der Waals surface area contributed by atoms with Crippen molar-refractivity contribution in [3.63, 3.8) is 0 Å². The first kappa shape index (κ1) is 29.0. The highest BCUT2D eigenvalue weighted by molar-refractivity contribution is 7.80. The number of carbonyl (C=O) groups is 2. The first-order valence-electron chi connectivity index (χ1n) is 9.97. The molecular formula is C18H37N3O8S. The summed E-state index contributed by atoms with van der Waals surface area (Å²) in [4.78, 5) is 22.6. The predicted molar refractivity (Wildman–Crippen MR) is 114 cm³/mol. The number of rotatable bonds is 23. The second kappa shape index (κ2) is 22.7. The van der Waals surface area contributed by atoms with Crippen molar-refractivity contribution in [2.45, 2.75) is 12.5 Å². The van der Waals surface area contributed by atoms with E-state index in [1.165, 1.54) is 0 Å². The summed E-state index contributed by atoms with van der Waals surface area (Å²) in [7, 11) is 0. The maximum absolute atomic E-state index is 11.6. The van der Waals surface area contributed by atoms with Crippen molar-refractivity contribution in [2.75, 3.05) is 91.6 Å². The van der Waals surface area contributed by atoms with E-state index in [0.29, 0.717) is 79.2 Å². The van der Waals surface area contributed by atoms with E-state index in [-0.39, 0.29) is 24.7 Å². The molecule has 0 aromatic rings. The molecule has 0 saturated heterocycles. The molecular weight excluding hydrogens is 418 g/mol. The van der Waals surface area contributed by atoms with Gasteiger partial charge < -0.3 is 45.2 Å². The third-order valence-corrected chi connectivity index (χ3v) is 3.82. The van der Waals surface area contributed by atoms with Gasteiger partial charge in [-0.15, -0.1) is 0 Å². The van der Waals surface area contributed by atoms with Crippen molar-refractivity contribution in [3.8, 4) is 0 Å². The van der Waals surface area contributed by atoms with Crippen LogP contribution < -0.4 is 16.8 Å². The Morgan fingerprint density at radius 1 is 0.700 bits per heavy atom. The van der Waals surface area contributed by atoms with Gasteiger partial charge in [0.25, 0.3) is 0 Å². The topological polar surface area (TPSA) is 154 Å². The fourth-order valence-corrected chi connectivity index (χ4v) is 2.19. The highest BCUT2D eigenvalue weighted by Gasteiger charge is 2.15. The van der Waals surface area contributed by atoms with Crippen LogP contribution in [-0.2, 0) is 38.0 Å². The van der Waals surface area contributed by atoms with Gasteiger partial charge in [0.15, 0.2) is 0 Å². The molecule has 178 valence electrons. The third-order valence-electron chi connectivity index (χ3n) is 3.46. The maximum Gasteiger partial charge on any atom is 0.240 e. The molecule has 0 unspecified atom stereocenters. The minimum Gasteiger partial charge on any atom is -0.379 e. The molecule has 0 aliphatic heterocycles. The summed E-state index contributed by atoms with van der Waals surface area (Å²) in [5, 5.41) is 2.48. The van der Waals surface area contributed by atoms with Crippen LogP contribution in [0.25, 0.3) is 0 Å². The molecule has 0 saturated carbocycles. The molecule has 1 atom stereocenters. The molecule has 30 heavy (non-hydrogen) atoms. The molecule has 2 amide bonds. The van der Waals surface area contributed by atoms with Gasteiger partial charge in [-0.1, -0.05) is 0 Å². The van der Waals surface area contributed by atoms with Gasteiger partial charge in [0.1, 0.15) is 6.04 Å². The second-order valence-electron chi connectivity index (χ2n) is 5.92. The minimum atomic E-state index is -0.769. The summed E-state index contributed by atoms with van der Waals surface area (Å²) < 4.78 is 31.9. The number of ether oxygens (including phenoxy) is 6. The van der Waals surface area contributed by atoms with E-state index < -0.39 is 11.9 Å². The van der Waals surface area contributed by atoms with E-state index >= 15 is 0 Å². The molecule has 0 aliphatic rings. The SMILES string of the molecule is NCCOCCOCCOCCOCCOCCOCCC(=O)N[C@@H](CS)C(N)=O. The number of carbonyl (C=O) groups excluding carboxylic acids is 2. The Kier molecular flexibility index (Phi) is 21.9. The lowest BCUT2D eigenvalue weighted by Gasteiger charge is -2.12. The molecule has 0 heterocycles. The number of nitrogens with two attached hydrogens (primary N) is 2. The third kappa shape index (κ3) is 20.3. The number of primary amides is 1. The van der Waals surface area contributed by atoms with Crippen molar-refractivity contribution in [1.82, 2.24) is 5.32 Å². The molecule has 12 heteroatoms. The highest BCUT2D eigenvalue weighted by Crippen LogP contribution is 1.91. The van der Waals surface area contributed by atoms with Crippen LogP contribution in [0.5, 0.6) is 0 Å². The van der Waals surface area contributed by atoms with Crippen LogP contribution in [0.15, 0.2) is 0 Å². The standard InChI is InChI=1S/C18H37N3O8S/c19-2-4-25-6-8-27-10-12-29-14-13-28-11-9-26-7-5-24-3-1-17(22)21-16(15-30)18(20)23/h16,30H,1-15,19H2,(H2,20,23)(H,21,22)/t16-/m0/s1. The molecule has 0 aromatic carbocycles. The highest BCUT2D eigenvalue weighted by atomic mass is 32.1. The van der Waals surface area contributed by atoms with Crippen molar-refractivity contribution in [1.29, 1.82) is 0 Å². The summed E-state index contributed by atoms with van der Waals surface area (Å²) >= 11 is 3.95. The normalized spacial score (nSPS) is 12.1. The number of hydrogen-bond acceptors (Lipinski definition) is 10. The van der Waals surface area contributed by atoms with E-state index in [2.05, 4.69) is 17.9 Å². The Hall–Kier alpha value is -0.990. The Morgan fingerprint density at radius 2 is 1.07 bits per heavy atom. The molecule has 0 radical (unpaired) electrons. The molecule has 0 bridgehead atoms. The second-order valence-corrected chi connectivity index (χ2v) is 6.28. The van der Waals surface area contributed by atoms with Crippen molar-refractivity contribution >= 4 is 24.4 Å². The zero-order valence-corrected chi connectivity index (χ0v) is 18.4. The fraction of sp³-hybridized carbons (Fsp3) is 0.889. The van der Waals surface area contributed by atoms with Crippen LogP contribution in [0.1, 0.15) is 6.42 Å². The summed E-state index contributed by atoms with van der Waals surface area (Å²) in [6, 6.07) is -0.769. The van der Waals surface area contributed by atoms with Gasteiger partial charge in [0.05, 0.1) is 79.3 Å². The quantitative estimate of drug-likeness (QED) is 0.105. The summed E-state index contributed by atoms with van der Waals surface area (Å²) in [6.07, 6.45) is 0.133. The number of thiol groups is 1. The van der Waals surface area contributed by atoms with Crippen molar-refractivity contribution in [2.24, 2.45) is 11.5 Å². The number of nitrogens with one attached hydrogen (secondary N) is 1. The van der Waals surface area contributed by atoms with Gasteiger partial charge in [-0.2, -0.15) is 12.6 Å². The van der Waals surface area contributed by atoms with Crippen LogP contribution in [0, 0.1) is 0 Å². The summed E-state index contributed by atoms with van der Waals surface area (Å²) in [6.45, 7) is 5.99. The van der Waals surface area contributed by atoms with Crippen LogP contribution in [-0.4, -0.2) is 109 Å². The Bertz CT molecular complexity index is 421. The Labute approximate surface area is 183 Å². The maximum atomic E-state index is 11.6. The lowest BCUT2D eigenvalue weighted by molar-refractivity contribution is -0.127. The van der Waals surface area contributed by atoms with Crippen LogP contribution in [0.3, 0.4) is 0 Å². The van der Waals surface area contributed by atoms with E-state index in [1.54, 1.807) is 0 Å². The smallest absolute Gasteiger partial charge is 0.240 e. The lowest BCUT2D eigenvalue weighted by Crippen LogP contribution is -2.45. The zero-order chi connectivity index (χ0) is 22.3. The van der Waals surface area contributed by atoms with E-state index in [0.717, 1.165) is 0 Å². The van der Waals surface area contributed by atoms with Gasteiger partial charge in [-0.3, -0.25) is 9.59 Å². The van der Waals surface area contributed by atoms with E-state index in [1.807, 2.05) is 0 Å². The Morgan fingerprint density at radius 3 is 1.40 bits per heavy atom. The van der Waals surface area contributed by atoms with Crippen molar-refractivity contribution in [3.05, 3.63) is 0 Å². The molecule has 11 nitrogen and oxygen atoms in total. The monoisotopic (exact) mass is 455 g/mol. The minimum absolute atomic E-state index is 0.133. The first-order chi connectivity index (χ1) is 14.6. The van der Waals surface area contributed by atoms with Crippen LogP contribution in [0.2, 0.25) is 0 Å². The summed E-state index contributed by atoms with van der Waals surface area (Å²) in [5.41, 5.74) is 10.4. The molecule has 5 N–H and O–H groups in total. The Balaban J connectivity index is 3.21. The number of amides is 2. The van der Waals surface area contributed by atoms with Gasteiger partial charge in [-0.05, 0) is 0 Å². The largest absolute Gasteiger partial charge is 0.379 e. The average Bonchev–Trinajstić information content (AvgIpc) is 2.73. The van der Waals surface area contributed by atoms with Gasteiger partial charge in [-0.25, -0.2) is 0 Å². The van der Waals surface area contributed by atoms with Crippen LogP contribution in [0.4, 0.5) is 0 Å². The predicted octanol–water partition coefficient (Wildman–Crippen LogP) is -1.67. The van der Waals surface area contributed by atoms with E-state index in [4.69, 9.17) is 39.9 Å². The number of hydrogen-bond donors (Lipinski definition) is 4. The zero-order valence-electron chi connectivity index (χ0n) is 17.6. The molecule has 0 rings (SSSR count). The van der Waals surface area contributed by atoms with Crippen molar-refractivity contribution < 1.29 is 38.0 Å². The molecule has 0 aromatic heterocycles. The molecule has 0 spiro atoms. The average molecular weight is 456 g/mol. The first-order valence-corrected chi connectivity index (χ1v) is 10.6. The van der Waals surface area contributed by atoms with Gasteiger partial charge in [0, 0.05) is 18.7 Å². The summed E-state index contributed by atoms with van der Waals surface area (Å²) in [5.74, 6) is -0.771. The fourth-order valence-electron chi connectivity index (χ4n) is 1.92. The van der Waals surface area contributed by atoms with Gasteiger partial charge in [0.2, 0.25) is 11.8 Å². The van der Waals surface area contributed by atoms with E-state index in [9.17, 15) is 9.59 Å². The van der Waals surface area contributed by atoms with Crippen LogP contribution >= 0.6 is 12.6 Å². The molecule has 0 fully saturated rings. The van der Waals surface area contributed by atoms with Gasteiger partial charge >= 0.3 is 0 Å². The molecule has 0 aliphatic carbocycles. The lowest BCUT2D eigenvalue weighted by atomic mass is 10.3.